The van der Waals surface area contributed by atoms with E-state index in [4.69, 9.17) is 14.6 Å². The lowest BCUT2D eigenvalue weighted by atomic mass is 9.85. The Labute approximate surface area is 197 Å². The minimum Gasteiger partial charge on any atom is -0.491 e. The van der Waals surface area contributed by atoms with Crippen LogP contribution < -0.4 is 10.1 Å². The Kier molecular flexibility index (Phi) is 6.43. The monoisotopic (exact) mass is 461 g/mol. The number of likely N-dealkylation sites (tertiary alicyclic amines) is 1. The predicted octanol–water partition coefficient (Wildman–Crippen LogP) is 2.22. The second-order valence-corrected chi connectivity index (χ2v) is 9.26. The maximum Gasteiger partial charge on any atom is 0.251 e. The second-order valence-electron chi connectivity index (χ2n) is 9.26. The van der Waals surface area contributed by atoms with Crippen LogP contribution >= 0.6 is 0 Å². The van der Waals surface area contributed by atoms with Gasteiger partial charge in [-0.05, 0) is 83.4 Å². The van der Waals surface area contributed by atoms with Crippen LogP contribution in [0.15, 0.2) is 47.1 Å². The highest BCUT2D eigenvalue weighted by Gasteiger charge is 2.42. The van der Waals surface area contributed by atoms with Crippen molar-refractivity contribution in [3.8, 4) is 11.8 Å². The van der Waals surface area contributed by atoms with Crippen LogP contribution in [0.3, 0.4) is 0 Å². The molecule has 2 aromatic carbocycles. The fraction of sp³-hybridized carbons (Fsp3) is 0.440. The van der Waals surface area contributed by atoms with Crippen molar-refractivity contribution >= 4 is 16.9 Å². The van der Waals surface area contributed by atoms with Crippen molar-refractivity contribution in [1.82, 2.24) is 20.5 Å². The van der Waals surface area contributed by atoms with E-state index in [2.05, 4.69) is 26.6 Å². The number of nitrogens with one attached hydrogen (secondary N) is 1. The molecule has 9 nitrogen and oxygen atoms in total. The van der Waals surface area contributed by atoms with E-state index in [1.54, 1.807) is 42.5 Å². The summed E-state index contributed by atoms with van der Waals surface area (Å²) in [5.41, 5.74) is 2.34. The lowest BCUT2D eigenvalue weighted by Gasteiger charge is -2.38. The number of piperidine rings is 1. The standard InChI is InChI=1S/C25H27N5O4/c26-10-16-1-6-21(7-2-16)33-15-20(31)14-30-12-18-3-4-19(13-30)22(18)11-27-25(32)17-5-8-23-24(9-17)29-34-28-23/h1-2,5-9,18-20,22,31H,3-4,11-15H2,(H,27,32). The number of aromatic nitrogens is 2. The molecule has 0 spiro atoms. The van der Waals surface area contributed by atoms with Crippen molar-refractivity contribution in [2.75, 3.05) is 32.8 Å². The molecule has 2 aliphatic rings. The van der Waals surface area contributed by atoms with Gasteiger partial charge in [-0.15, -0.1) is 0 Å². The summed E-state index contributed by atoms with van der Waals surface area (Å²) in [6, 6.07) is 14.1. The number of β-amino-alcohol motifs (C(OH)–C–C–N with tert-alkyl or cyclic N) is 1. The Morgan fingerprint density at radius 2 is 1.91 bits per heavy atom. The van der Waals surface area contributed by atoms with Gasteiger partial charge in [0.05, 0.1) is 11.6 Å². The van der Waals surface area contributed by atoms with Crippen molar-refractivity contribution in [2.24, 2.45) is 17.8 Å². The molecule has 1 amide bonds. The number of hydrogen-bond acceptors (Lipinski definition) is 8. The van der Waals surface area contributed by atoms with E-state index in [9.17, 15) is 9.90 Å². The molecule has 1 aromatic heterocycles. The van der Waals surface area contributed by atoms with E-state index < -0.39 is 6.10 Å². The van der Waals surface area contributed by atoms with Crippen LogP contribution in [-0.2, 0) is 0 Å². The molecular weight excluding hydrogens is 434 g/mol. The first-order valence-corrected chi connectivity index (χ1v) is 11.6. The summed E-state index contributed by atoms with van der Waals surface area (Å²) in [5.74, 6) is 2.00. The van der Waals surface area contributed by atoms with Crippen molar-refractivity contribution in [3.63, 3.8) is 0 Å². The van der Waals surface area contributed by atoms with Gasteiger partial charge in [-0.2, -0.15) is 5.26 Å². The summed E-state index contributed by atoms with van der Waals surface area (Å²) in [5, 5.41) is 30.0. The molecular formula is C25H27N5O4. The van der Waals surface area contributed by atoms with Crippen LogP contribution in [0.4, 0.5) is 0 Å². The van der Waals surface area contributed by atoms with Crippen LogP contribution in [0.25, 0.3) is 11.0 Å². The summed E-state index contributed by atoms with van der Waals surface area (Å²) in [7, 11) is 0. The number of aliphatic hydroxyl groups excluding tert-OH is 1. The van der Waals surface area contributed by atoms with Gasteiger partial charge in [-0.3, -0.25) is 4.79 Å². The number of benzene rings is 2. The SMILES string of the molecule is N#Cc1ccc(OCC(O)CN2CC3CCC(C2)C3CNC(=O)c2ccc3nonc3c2)cc1. The molecule has 0 radical (unpaired) electrons. The van der Waals surface area contributed by atoms with Crippen molar-refractivity contribution in [1.29, 1.82) is 5.26 Å². The van der Waals surface area contributed by atoms with Crippen molar-refractivity contribution < 1.29 is 19.3 Å². The lowest BCUT2D eigenvalue weighted by Crippen LogP contribution is -2.48. The van der Waals surface area contributed by atoms with Crippen LogP contribution in [-0.4, -0.2) is 65.1 Å². The quantitative estimate of drug-likeness (QED) is 0.523. The Balaban J connectivity index is 1.09. The van der Waals surface area contributed by atoms with Gasteiger partial charge in [0.2, 0.25) is 0 Å². The molecule has 3 unspecified atom stereocenters. The van der Waals surface area contributed by atoms with Crippen LogP contribution in [0.1, 0.15) is 28.8 Å². The van der Waals surface area contributed by atoms with Gasteiger partial charge < -0.3 is 20.1 Å². The molecule has 1 saturated carbocycles. The summed E-state index contributed by atoms with van der Waals surface area (Å²) in [6.45, 7) is 3.27. The molecule has 176 valence electrons. The van der Waals surface area contributed by atoms with Crippen molar-refractivity contribution in [3.05, 3.63) is 53.6 Å². The van der Waals surface area contributed by atoms with E-state index in [-0.39, 0.29) is 12.5 Å². The third-order valence-electron chi connectivity index (χ3n) is 7.01. The molecule has 5 rings (SSSR count). The largest absolute Gasteiger partial charge is 0.491 e. The average Bonchev–Trinajstić information content (AvgIpc) is 3.42. The summed E-state index contributed by atoms with van der Waals surface area (Å²) < 4.78 is 10.4. The number of nitriles is 1. The molecule has 1 saturated heterocycles. The summed E-state index contributed by atoms with van der Waals surface area (Å²) in [4.78, 5) is 15.0. The van der Waals surface area contributed by atoms with Crippen LogP contribution in [0.5, 0.6) is 5.75 Å². The van der Waals surface area contributed by atoms with Gasteiger partial charge in [0, 0.05) is 31.7 Å². The third kappa shape index (κ3) is 4.88. The molecule has 2 heterocycles. The number of carbonyl (C=O) groups excluding carboxylic acids is 1. The third-order valence-corrected chi connectivity index (χ3v) is 7.01. The Hall–Kier alpha value is -3.48. The number of hydrogen-bond donors (Lipinski definition) is 2. The van der Waals surface area contributed by atoms with Gasteiger partial charge in [0.1, 0.15) is 29.5 Å². The van der Waals surface area contributed by atoms with E-state index in [0.29, 0.717) is 58.8 Å². The van der Waals surface area contributed by atoms with Gasteiger partial charge in [0.15, 0.2) is 0 Å². The van der Waals surface area contributed by atoms with E-state index in [0.717, 1.165) is 25.9 Å². The molecule has 1 aliphatic carbocycles. The van der Waals surface area contributed by atoms with Crippen LogP contribution in [0.2, 0.25) is 0 Å². The number of aliphatic hydroxyl groups is 1. The first-order chi connectivity index (χ1) is 16.6. The lowest BCUT2D eigenvalue weighted by molar-refractivity contribution is 0.0339. The van der Waals surface area contributed by atoms with E-state index >= 15 is 0 Å². The molecule has 9 heteroatoms. The fourth-order valence-corrected chi connectivity index (χ4v) is 5.32. The fourth-order valence-electron chi connectivity index (χ4n) is 5.32. The normalized spacial score (nSPS) is 22.9. The Bertz CT molecular complexity index is 1170. The van der Waals surface area contributed by atoms with Gasteiger partial charge in [-0.25, -0.2) is 4.63 Å². The zero-order chi connectivity index (χ0) is 23.5. The van der Waals surface area contributed by atoms with Gasteiger partial charge in [0.25, 0.3) is 5.91 Å². The minimum atomic E-state index is -0.591. The summed E-state index contributed by atoms with van der Waals surface area (Å²) >= 11 is 0. The highest BCUT2D eigenvalue weighted by molar-refractivity contribution is 5.97. The molecule has 2 N–H and O–H groups in total. The number of amides is 1. The van der Waals surface area contributed by atoms with Gasteiger partial charge >= 0.3 is 0 Å². The first-order valence-electron chi connectivity index (χ1n) is 11.6. The average molecular weight is 462 g/mol. The topological polar surface area (TPSA) is 125 Å². The minimum absolute atomic E-state index is 0.109. The molecule has 34 heavy (non-hydrogen) atoms. The molecule has 1 aliphatic heterocycles. The molecule has 3 aromatic rings. The number of carbonyl (C=O) groups is 1. The first kappa shape index (κ1) is 22.3. The zero-order valence-corrected chi connectivity index (χ0v) is 18.8. The molecule has 2 fully saturated rings. The van der Waals surface area contributed by atoms with Crippen LogP contribution in [0, 0.1) is 29.1 Å². The maximum absolute atomic E-state index is 12.7. The Morgan fingerprint density at radius 3 is 2.65 bits per heavy atom. The number of fused-ring (bicyclic) bond motifs is 3. The second kappa shape index (κ2) is 9.79. The van der Waals surface area contributed by atoms with E-state index in [1.165, 1.54) is 0 Å². The summed E-state index contributed by atoms with van der Waals surface area (Å²) in [6.07, 6.45) is 1.71. The molecule has 3 atom stereocenters. The number of nitrogens with zero attached hydrogens (tertiary/aromatic N) is 4. The Morgan fingerprint density at radius 1 is 1.18 bits per heavy atom. The number of rotatable bonds is 8. The maximum atomic E-state index is 12.7. The predicted molar refractivity (Wildman–Crippen MR) is 123 cm³/mol. The highest BCUT2D eigenvalue weighted by Crippen LogP contribution is 2.41. The highest BCUT2D eigenvalue weighted by atomic mass is 16.6. The van der Waals surface area contributed by atoms with Gasteiger partial charge in [-0.1, -0.05) is 0 Å². The zero-order valence-electron chi connectivity index (χ0n) is 18.8. The van der Waals surface area contributed by atoms with Crippen molar-refractivity contribution in [2.45, 2.75) is 18.9 Å². The smallest absolute Gasteiger partial charge is 0.251 e. The van der Waals surface area contributed by atoms with E-state index in [1.807, 2.05) is 0 Å². The number of ether oxygens (including phenoxy) is 1. The molecule has 2 bridgehead atoms.